The van der Waals surface area contributed by atoms with Gasteiger partial charge in [0.15, 0.2) is 0 Å². The molecule has 22 heavy (non-hydrogen) atoms. The number of ether oxygens (including phenoxy) is 1. The lowest BCUT2D eigenvalue weighted by atomic mass is 10.2. The average Bonchev–Trinajstić information content (AvgIpc) is 3.07. The summed E-state index contributed by atoms with van der Waals surface area (Å²) in [5.41, 5.74) is 0.347. The Labute approximate surface area is 131 Å². The van der Waals surface area contributed by atoms with E-state index in [9.17, 15) is 14.4 Å². The van der Waals surface area contributed by atoms with Crippen LogP contribution in [0.4, 0.5) is 5.00 Å². The maximum absolute atomic E-state index is 12.1. The van der Waals surface area contributed by atoms with E-state index >= 15 is 0 Å². The summed E-state index contributed by atoms with van der Waals surface area (Å²) in [6, 6.07) is 1.67. The van der Waals surface area contributed by atoms with Gasteiger partial charge in [0.1, 0.15) is 11.1 Å². The van der Waals surface area contributed by atoms with E-state index in [1.165, 1.54) is 11.3 Å². The predicted molar refractivity (Wildman–Crippen MR) is 81.2 cm³/mol. The van der Waals surface area contributed by atoms with Crippen LogP contribution in [-0.2, 0) is 14.3 Å². The summed E-state index contributed by atoms with van der Waals surface area (Å²) in [7, 11) is 0. The van der Waals surface area contributed by atoms with Crippen LogP contribution in [0.3, 0.4) is 0 Å². The van der Waals surface area contributed by atoms with Crippen LogP contribution < -0.4 is 10.6 Å². The molecule has 1 aromatic heterocycles. The highest BCUT2D eigenvalue weighted by molar-refractivity contribution is 7.16. The quantitative estimate of drug-likeness (QED) is 0.732. The van der Waals surface area contributed by atoms with Crippen LogP contribution >= 0.6 is 11.3 Å². The third-order valence-electron chi connectivity index (χ3n) is 3.18. The molecule has 7 nitrogen and oxygen atoms in total. The van der Waals surface area contributed by atoms with E-state index in [0.29, 0.717) is 23.6 Å². The first-order chi connectivity index (χ1) is 10.5. The van der Waals surface area contributed by atoms with E-state index in [1.807, 2.05) is 6.92 Å². The highest BCUT2D eigenvalue weighted by atomic mass is 32.1. The molecule has 0 spiro atoms. The number of hydrogen-bond donors (Lipinski definition) is 3. The van der Waals surface area contributed by atoms with Crippen LogP contribution in [0.2, 0.25) is 0 Å². The van der Waals surface area contributed by atoms with Gasteiger partial charge in [-0.1, -0.05) is 0 Å². The molecule has 1 saturated heterocycles. The SMILES string of the molecule is Cc1cc(C(=O)NCCC(=O)O)c(NC(=O)C2CCCO2)s1. The number of amides is 2. The Morgan fingerprint density at radius 1 is 1.45 bits per heavy atom. The molecule has 8 heteroatoms. The number of aryl methyl sites for hydroxylation is 1. The van der Waals surface area contributed by atoms with Gasteiger partial charge in [-0.15, -0.1) is 11.3 Å². The zero-order chi connectivity index (χ0) is 16.1. The Hall–Kier alpha value is -1.93. The molecule has 3 N–H and O–H groups in total. The van der Waals surface area contributed by atoms with Crippen molar-refractivity contribution >= 4 is 34.1 Å². The summed E-state index contributed by atoms with van der Waals surface area (Å²) in [5.74, 6) is -1.62. The number of hydrogen-bond acceptors (Lipinski definition) is 5. The maximum atomic E-state index is 12.1. The van der Waals surface area contributed by atoms with E-state index in [0.717, 1.165) is 11.3 Å². The second-order valence-corrected chi connectivity index (χ2v) is 6.25. The lowest BCUT2D eigenvalue weighted by Crippen LogP contribution is -2.29. The molecule has 1 aromatic rings. The molecule has 2 rings (SSSR count). The van der Waals surface area contributed by atoms with E-state index < -0.39 is 18.0 Å². The van der Waals surface area contributed by atoms with Gasteiger partial charge in [0.05, 0.1) is 12.0 Å². The molecule has 0 saturated carbocycles. The third kappa shape index (κ3) is 4.28. The van der Waals surface area contributed by atoms with Crippen molar-refractivity contribution in [3.8, 4) is 0 Å². The molecule has 0 bridgehead atoms. The van der Waals surface area contributed by atoms with Gasteiger partial charge >= 0.3 is 5.97 Å². The summed E-state index contributed by atoms with van der Waals surface area (Å²) in [6.45, 7) is 2.45. The molecule has 2 heterocycles. The fourth-order valence-electron chi connectivity index (χ4n) is 2.13. The molecule has 120 valence electrons. The summed E-state index contributed by atoms with van der Waals surface area (Å²) in [5, 5.41) is 14.3. The molecule has 1 aliphatic heterocycles. The van der Waals surface area contributed by atoms with Gasteiger partial charge in [-0.3, -0.25) is 14.4 Å². The number of aliphatic carboxylic acids is 1. The Morgan fingerprint density at radius 3 is 2.86 bits per heavy atom. The van der Waals surface area contributed by atoms with Crippen LogP contribution in [0.1, 0.15) is 34.5 Å². The van der Waals surface area contributed by atoms with Crippen LogP contribution in [0, 0.1) is 6.92 Å². The molecular weight excluding hydrogens is 308 g/mol. The number of carboxylic acid groups (broad SMARTS) is 1. The monoisotopic (exact) mass is 326 g/mol. The first kappa shape index (κ1) is 16.4. The van der Waals surface area contributed by atoms with Crippen LogP contribution in [-0.4, -0.2) is 42.1 Å². The van der Waals surface area contributed by atoms with Crippen molar-refractivity contribution < 1.29 is 24.2 Å². The van der Waals surface area contributed by atoms with Crippen molar-refractivity contribution in [3.05, 3.63) is 16.5 Å². The second kappa shape index (κ2) is 7.37. The van der Waals surface area contributed by atoms with E-state index in [-0.39, 0.29) is 18.9 Å². The number of carboxylic acids is 1. The zero-order valence-corrected chi connectivity index (χ0v) is 13.0. The van der Waals surface area contributed by atoms with Gasteiger partial charge in [-0.05, 0) is 25.8 Å². The standard InChI is InChI=1S/C14H18N2O5S/c1-8-7-9(12(19)15-5-4-11(17)18)14(22-8)16-13(20)10-3-2-6-21-10/h7,10H,2-6H2,1H3,(H,15,19)(H,16,20)(H,17,18). The highest BCUT2D eigenvalue weighted by Crippen LogP contribution is 2.28. The van der Waals surface area contributed by atoms with Gasteiger partial charge in [0.25, 0.3) is 11.8 Å². The number of rotatable bonds is 6. The van der Waals surface area contributed by atoms with Crippen molar-refractivity contribution in [1.82, 2.24) is 5.32 Å². The van der Waals surface area contributed by atoms with Crippen molar-refractivity contribution in [2.45, 2.75) is 32.3 Å². The fraction of sp³-hybridized carbons (Fsp3) is 0.500. The molecule has 0 aromatic carbocycles. The third-order valence-corrected chi connectivity index (χ3v) is 4.15. The van der Waals surface area contributed by atoms with E-state index in [4.69, 9.17) is 9.84 Å². The van der Waals surface area contributed by atoms with Crippen molar-refractivity contribution in [2.75, 3.05) is 18.5 Å². The lowest BCUT2D eigenvalue weighted by molar-refractivity contribution is -0.136. The number of carbonyl (C=O) groups is 3. The Kier molecular flexibility index (Phi) is 5.51. The molecule has 1 atom stereocenters. The van der Waals surface area contributed by atoms with Crippen LogP contribution in [0.5, 0.6) is 0 Å². The number of anilines is 1. The van der Waals surface area contributed by atoms with Crippen molar-refractivity contribution in [3.63, 3.8) is 0 Å². The van der Waals surface area contributed by atoms with Gasteiger partial charge in [-0.25, -0.2) is 0 Å². The normalized spacial score (nSPS) is 17.2. The molecule has 0 aliphatic carbocycles. The molecule has 1 fully saturated rings. The average molecular weight is 326 g/mol. The summed E-state index contributed by atoms with van der Waals surface area (Å²) in [6.07, 6.45) is 0.915. The van der Waals surface area contributed by atoms with Crippen LogP contribution in [0.15, 0.2) is 6.07 Å². The summed E-state index contributed by atoms with van der Waals surface area (Å²) in [4.78, 5) is 35.5. The molecule has 1 unspecified atom stereocenters. The summed E-state index contributed by atoms with van der Waals surface area (Å²) >= 11 is 1.30. The van der Waals surface area contributed by atoms with Crippen LogP contribution in [0.25, 0.3) is 0 Å². The Bertz CT molecular complexity index is 578. The molecule has 0 radical (unpaired) electrons. The number of nitrogens with one attached hydrogen (secondary N) is 2. The predicted octanol–water partition coefficient (Wildman–Crippen LogP) is 1.38. The minimum absolute atomic E-state index is 0.0438. The topological polar surface area (TPSA) is 105 Å². The lowest BCUT2D eigenvalue weighted by Gasteiger charge is -2.10. The Balaban J connectivity index is 2.00. The molecule has 2 amide bonds. The summed E-state index contributed by atoms with van der Waals surface area (Å²) < 4.78 is 5.31. The van der Waals surface area contributed by atoms with E-state index in [1.54, 1.807) is 6.07 Å². The zero-order valence-electron chi connectivity index (χ0n) is 12.2. The smallest absolute Gasteiger partial charge is 0.305 e. The van der Waals surface area contributed by atoms with E-state index in [2.05, 4.69) is 10.6 Å². The van der Waals surface area contributed by atoms with Gasteiger partial charge in [0, 0.05) is 18.0 Å². The van der Waals surface area contributed by atoms with Crippen molar-refractivity contribution in [2.24, 2.45) is 0 Å². The molecule has 1 aliphatic rings. The minimum atomic E-state index is -0.978. The second-order valence-electron chi connectivity index (χ2n) is 4.99. The fourth-order valence-corrected chi connectivity index (χ4v) is 3.04. The minimum Gasteiger partial charge on any atom is -0.481 e. The van der Waals surface area contributed by atoms with Gasteiger partial charge in [0.2, 0.25) is 0 Å². The maximum Gasteiger partial charge on any atom is 0.305 e. The Morgan fingerprint density at radius 2 is 2.23 bits per heavy atom. The van der Waals surface area contributed by atoms with Gasteiger partial charge < -0.3 is 20.5 Å². The molecular formula is C14H18N2O5S. The number of carbonyl (C=O) groups excluding carboxylic acids is 2. The number of thiophene rings is 1. The first-order valence-corrected chi connectivity index (χ1v) is 7.82. The van der Waals surface area contributed by atoms with Gasteiger partial charge in [-0.2, -0.15) is 0 Å². The highest BCUT2D eigenvalue weighted by Gasteiger charge is 2.25. The largest absolute Gasteiger partial charge is 0.481 e. The van der Waals surface area contributed by atoms with Crippen molar-refractivity contribution in [1.29, 1.82) is 0 Å². The first-order valence-electron chi connectivity index (χ1n) is 7.00.